The molecule has 0 aliphatic rings. The molecule has 0 saturated carbocycles. The summed E-state index contributed by atoms with van der Waals surface area (Å²) in [4.78, 5) is 24.7. The van der Waals surface area contributed by atoms with E-state index in [0.29, 0.717) is 11.6 Å². The summed E-state index contributed by atoms with van der Waals surface area (Å²) in [5, 5.41) is 11.5. The van der Waals surface area contributed by atoms with E-state index < -0.39 is 0 Å². The SMILES string of the molecule is c1ccc2c(-c3ncc(-c4nc(-c5cc6ccccc6c6ccccc56)cc(-c5cc6ccccc6c6ccccc56)n4)cn3)nccc2c1. The van der Waals surface area contributed by atoms with Crippen LogP contribution >= 0.6 is 0 Å². The van der Waals surface area contributed by atoms with Crippen LogP contribution in [-0.2, 0) is 0 Å². The normalized spacial score (nSPS) is 11.6. The Kier molecular flexibility index (Phi) is 6.42. The molecule has 0 fully saturated rings. The molecular formula is C45H27N5. The van der Waals surface area contributed by atoms with E-state index in [2.05, 4.69) is 132 Å². The number of hydrogen-bond acceptors (Lipinski definition) is 5. The van der Waals surface area contributed by atoms with Gasteiger partial charge in [0.25, 0.3) is 0 Å². The first-order valence-electron chi connectivity index (χ1n) is 16.7. The topological polar surface area (TPSA) is 64.5 Å². The van der Waals surface area contributed by atoms with E-state index in [1.807, 2.05) is 30.6 Å². The van der Waals surface area contributed by atoms with Crippen molar-refractivity contribution in [1.82, 2.24) is 24.9 Å². The minimum atomic E-state index is 0.558. The molecule has 5 heteroatoms. The summed E-state index contributed by atoms with van der Waals surface area (Å²) >= 11 is 0. The smallest absolute Gasteiger partial charge is 0.178 e. The first kappa shape index (κ1) is 28.2. The van der Waals surface area contributed by atoms with Gasteiger partial charge in [-0.1, -0.05) is 121 Å². The Hall–Kier alpha value is -6.85. The molecule has 0 amide bonds. The summed E-state index contributed by atoms with van der Waals surface area (Å²) in [7, 11) is 0. The summed E-state index contributed by atoms with van der Waals surface area (Å²) in [5.41, 5.74) is 5.24. The van der Waals surface area contributed by atoms with Gasteiger partial charge in [-0.3, -0.25) is 4.98 Å². The molecule has 0 atom stereocenters. The molecule has 0 aliphatic carbocycles. The number of pyridine rings is 1. The van der Waals surface area contributed by atoms with Crippen LogP contribution in [0.5, 0.6) is 0 Å². The van der Waals surface area contributed by atoms with Crippen LogP contribution in [0.15, 0.2) is 164 Å². The number of rotatable bonds is 4. The van der Waals surface area contributed by atoms with Gasteiger partial charge in [-0.15, -0.1) is 0 Å². The molecule has 0 aliphatic heterocycles. The van der Waals surface area contributed by atoms with Crippen molar-refractivity contribution < 1.29 is 0 Å². The van der Waals surface area contributed by atoms with E-state index in [4.69, 9.17) is 19.9 Å². The molecule has 3 aromatic heterocycles. The van der Waals surface area contributed by atoms with Gasteiger partial charge in [-0.2, -0.15) is 0 Å². The second-order valence-corrected chi connectivity index (χ2v) is 12.5. The number of hydrogen-bond donors (Lipinski definition) is 0. The third-order valence-electron chi connectivity index (χ3n) is 9.61. The summed E-state index contributed by atoms with van der Waals surface area (Å²) < 4.78 is 0. The van der Waals surface area contributed by atoms with E-state index >= 15 is 0 Å². The number of nitrogens with zero attached hydrogens (tertiary/aromatic N) is 5. The third-order valence-corrected chi connectivity index (χ3v) is 9.61. The van der Waals surface area contributed by atoms with Crippen LogP contribution in [0.2, 0.25) is 0 Å². The first-order chi connectivity index (χ1) is 24.8. The lowest BCUT2D eigenvalue weighted by molar-refractivity contribution is 1.12. The van der Waals surface area contributed by atoms with Crippen molar-refractivity contribution in [3.63, 3.8) is 0 Å². The predicted molar refractivity (Wildman–Crippen MR) is 205 cm³/mol. The Morgan fingerprint density at radius 2 is 0.800 bits per heavy atom. The Balaban J connectivity index is 1.22. The van der Waals surface area contributed by atoms with Crippen LogP contribution in [-0.4, -0.2) is 24.9 Å². The zero-order valence-corrected chi connectivity index (χ0v) is 26.8. The Morgan fingerprint density at radius 1 is 0.340 bits per heavy atom. The average molecular weight is 638 g/mol. The van der Waals surface area contributed by atoms with Crippen LogP contribution in [0.4, 0.5) is 0 Å². The molecule has 3 heterocycles. The van der Waals surface area contributed by atoms with Crippen LogP contribution in [0.1, 0.15) is 0 Å². The monoisotopic (exact) mass is 637 g/mol. The van der Waals surface area contributed by atoms with Gasteiger partial charge in [0.2, 0.25) is 0 Å². The molecule has 50 heavy (non-hydrogen) atoms. The van der Waals surface area contributed by atoms with E-state index in [1.165, 1.54) is 21.5 Å². The van der Waals surface area contributed by atoms with E-state index in [9.17, 15) is 0 Å². The third kappa shape index (κ3) is 4.60. The lowest BCUT2D eigenvalue weighted by Gasteiger charge is -2.15. The zero-order chi connectivity index (χ0) is 33.0. The van der Waals surface area contributed by atoms with Crippen molar-refractivity contribution >= 4 is 53.9 Å². The van der Waals surface area contributed by atoms with E-state index in [0.717, 1.165) is 66.1 Å². The zero-order valence-electron chi connectivity index (χ0n) is 26.8. The minimum absolute atomic E-state index is 0.558. The summed E-state index contributed by atoms with van der Waals surface area (Å²) in [6.45, 7) is 0. The Labute approximate surface area is 287 Å². The molecule has 0 radical (unpaired) electrons. The fourth-order valence-corrected chi connectivity index (χ4v) is 7.25. The molecule has 0 bridgehead atoms. The Morgan fingerprint density at radius 3 is 1.36 bits per heavy atom. The minimum Gasteiger partial charge on any atom is -0.252 e. The molecular weight excluding hydrogens is 611 g/mol. The van der Waals surface area contributed by atoms with Crippen molar-refractivity contribution in [2.24, 2.45) is 0 Å². The average Bonchev–Trinajstić information content (AvgIpc) is 3.20. The van der Waals surface area contributed by atoms with Gasteiger partial charge in [0, 0.05) is 35.1 Å². The number of aromatic nitrogens is 5. The van der Waals surface area contributed by atoms with Gasteiger partial charge in [0.1, 0.15) is 5.69 Å². The van der Waals surface area contributed by atoms with Gasteiger partial charge >= 0.3 is 0 Å². The summed E-state index contributed by atoms with van der Waals surface area (Å²) in [6, 6.07) is 51.0. The lowest BCUT2D eigenvalue weighted by atomic mass is 9.93. The van der Waals surface area contributed by atoms with Crippen LogP contribution in [0, 0.1) is 0 Å². The van der Waals surface area contributed by atoms with Crippen molar-refractivity contribution in [3.05, 3.63) is 164 Å². The van der Waals surface area contributed by atoms with Crippen molar-refractivity contribution in [2.45, 2.75) is 0 Å². The highest BCUT2D eigenvalue weighted by atomic mass is 14.9. The van der Waals surface area contributed by atoms with Crippen LogP contribution < -0.4 is 0 Å². The first-order valence-corrected chi connectivity index (χ1v) is 16.7. The van der Waals surface area contributed by atoms with Gasteiger partial charge < -0.3 is 0 Å². The second-order valence-electron chi connectivity index (χ2n) is 12.5. The van der Waals surface area contributed by atoms with E-state index in [1.54, 1.807) is 6.20 Å². The molecule has 0 spiro atoms. The molecule has 10 rings (SSSR count). The molecule has 0 unspecified atom stereocenters. The van der Waals surface area contributed by atoms with Crippen molar-refractivity contribution in [3.8, 4) is 45.4 Å². The van der Waals surface area contributed by atoms with Crippen LogP contribution in [0.25, 0.3) is 99.3 Å². The maximum Gasteiger partial charge on any atom is 0.178 e. The summed E-state index contributed by atoms with van der Waals surface area (Å²) in [6.07, 6.45) is 5.42. The highest BCUT2D eigenvalue weighted by Crippen LogP contribution is 2.39. The highest BCUT2D eigenvalue weighted by molar-refractivity contribution is 6.15. The molecule has 0 N–H and O–H groups in total. The largest absolute Gasteiger partial charge is 0.252 e. The fraction of sp³-hybridized carbons (Fsp3) is 0. The molecule has 0 saturated heterocycles. The van der Waals surface area contributed by atoms with Gasteiger partial charge in [-0.25, -0.2) is 19.9 Å². The van der Waals surface area contributed by atoms with Gasteiger partial charge in [0.05, 0.1) is 17.0 Å². The molecule has 5 nitrogen and oxygen atoms in total. The predicted octanol–water partition coefficient (Wildman–Crippen LogP) is 11.1. The molecule has 10 aromatic rings. The fourth-order valence-electron chi connectivity index (χ4n) is 7.25. The van der Waals surface area contributed by atoms with Crippen molar-refractivity contribution in [1.29, 1.82) is 0 Å². The van der Waals surface area contributed by atoms with Gasteiger partial charge in [0.15, 0.2) is 11.6 Å². The number of benzene rings is 7. The molecule has 7 aromatic carbocycles. The van der Waals surface area contributed by atoms with Gasteiger partial charge in [-0.05, 0) is 72.7 Å². The van der Waals surface area contributed by atoms with E-state index in [-0.39, 0.29) is 0 Å². The Bertz CT molecular complexity index is 2790. The second kappa shape index (κ2) is 11.4. The quantitative estimate of drug-likeness (QED) is 0.180. The summed E-state index contributed by atoms with van der Waals surface area (Å²) in [5.74, 6) is 1.12. The molecule has 232 valence electrons. The maximum atomic E-state index is 5.24. The van der Waals surface area contributed by atoms with Crippen LogP contribution in [0.3, 0.4) is 0 Å². The lowest BCUT2D eigenvalue weighted by Crippen LogP contribution is -1.99. The maximum absolute atomic E-state index is 5.24. The highest BCUT2D eigenvalue weighted by Gasteiger charge is 2.18. The number of fused-ring (bicyclic) bond motifs is 7. The van der Waals surface area contributed by atoms with Crippen molar-refractivity contribution in [2.75, 3.05) is 0 Å². The standard InChI is InChI=1S/C45H27N5/c1-6-16-34-28(11-1)21-22-46-43(34)45-47-26-31(27-48-45)44-49-41(39-23-29-12-2-4-14-32(29)35-17-7-9-19-37(35)39)25-42(50-44)40-24-30-13-3-5-15-33(30)36-18-8-10-20-38(36)40/h1-27H.